The van der Waals surface area contributed by atoms with Gasteiger partial charge in [0, 0.05) is 13.6 Å². The first-order valence-corrected chi connectivity index (χ1v) is 6.56. The van der Waals surface area contributed by atoms with Crippen LogP contribution in [0.25, 0.3) is 0 Å². The predicted molar refractivity (Wildman–Crippen MR) is 65.4 cm³/mol. The predicted octanol–water partition coefficient (Wildman–Crippen LogP) is 1.30. The molecule has 4 heteroatoms. The molecule has 1 atom stereocenters. The zero-order valence-electron chi connectivity index (χ0n) is 10.8. The van der Waals surface area contributed by atoms with E-state index in [0.717, 1.165) is 6.54 Å². The van der Waals surface area contributed by atoms with Crippen LogP contribution in [0.3, 0.4) is 0 Å². The largest absolute Gasteiger partial charge is 0.305 e. The van der Waals surface area contributed by atoms with Crippen molar-refractivity contribution in [1.82, 2.24) is 10.2 Å². The van der Waals surface area contributed by atoms with E-state index in [1.807, 2.05) is 0 Å². The second-order valence-corrected chi connectivity index (χ2v) is 5.80. The van der Waals surface area contributed by atoms with E-state index in [2.05, 4.69) is 12.2 Å². The van der Waals surface area contributed by atoms with E-state index in [9.17, 15) is 9.59 Å². The van der Waals surface area contributed by atoms with Crippen LogP contribution < -0.4 is 5.32 Å². The van der Waals surface area contributed by atoms with Crippen LogP contribution in [0, 0.1) is 5.41 Å². The Balaban J connectivity index is 1.86. The summed E-state index contributed by atoms with van der Waals surface area (Å²) in [5.41, 5.74) is 0.308. The molecule has 2 aliphatic rings. The molecule has 1 aliphatic carbocycles. The minimum atomic E-state index is -0.286. The van der Waals surface area contributed by atoms with Gasteiger partial charge >= 0.3 is 0 Å². The Morgan fingerprint density at radius 1 is 1.29 bits per heavy atom. The molecule has 2 rings (SSSR count). The third kappa shape index (κ3) is 2.68. The number of carbonyl (C=O) groups excluding carboxylic acids is 2. The lowest BCUT2D eigenvalue weighted by atomic mass is 9.75. The van der Waals surface area contributed by atoms with Crippen molar-refractivity contribution >= 4 is 11.8 Å². The molecule has 1 aliphatic heterocycles. The van der Waals surface area contributed by atoms with Gasteiger partial charge in [0.15, 0.2) is 0 Å². The monoisotopic (exact) mass is 238 g/mol. The summed E-state index contributed by atoms with van der Waals surface area (Å²) in [5.74, 6) is -0.143. The van der Waals surface area contributed by atoms with Crippen molar-refractivity contribution in [2.24, 2.45) is 5.41 Å². The summed E-state index contributed by atoms with van der Waals surface area (Å²) in [5, 5.41) is 3.29. The van der Waals surface area contributed by atoms with Crippen molar-refractivity contribution in [2.75, 3.05) is 13.6 Å². The van der Waals surface area contributed by atoms with Crippen LogP contribution >= 0.6 is 0 Å². The molecule has 2 amide bonds. The Morgan fingerprint density at radius 2 is 1.94 bits per heavy atom. The highest BCUT2D eigenvalue weighted by atomic mass is 16.2. The Hall–Kier alpha value is -0.900. The Labute approximate surface area is 103 Å². The zero-order valence-corrected chi connectivity index (χ0v) is 10.8. The lowest BCUT2D eigenvalue weighted by Gasteiger charge is -2.34. The quantitative estimate of drug-likeness (QED) is 0.754. The van der Waals surface area contributed by atoms with Gasteiger partial charge < -0.3 is 5.32 Å². The summed E-state index contributed by atoms with van der Waals surface area (Å²) in [4.78, 5) is 24.4. The molecule has 0 aromatic carbocycles. The molecule has 96 valence electrons. The lowest BCUT2D eigenvalue weighted by molar-refractivity contribution is -0.137. The number of likely N-dealkylation sites (tertiary alicyclic amines) is 1. The van der Waals surface area contributed by atoms with Crippen molar-refractivity contribution < 1.29 is 9.59 Å². The number of nitrogens with one attached hydrogen (secondary N) is 1. The number of amides is 2. The smallest absolute Gasteiger partial charge is 0.246 e. The number of nitrogens with zero attached hydrogens (tertiary/aromatic N) is 1. The molecule has 1 heterocycles. The van der Waals surface area contributed by atoms with Crippen molar-refractivity contribution in [3.63, 3.8) is 0 Å². The minimum Gasteiger partial charge on any atom is -0.305 e. The standard InChI is InChI=1S/C13H22N2O2/c1-13(6-4-3-5-7-13)9-14-10-8-11(16)15(2)12(10)17/h10,14H,3-9H2,1-2H3. The van der Waals surface area contributed by atoms with Crippen LogP contribution in [0.4, 0.5) is 0 Å². The van der Waals surface area contributed by atoms with E-state index >= 15 is 0 Å². The van der Waals surface area contributed by atoms with E-state index in [0.29, 0.717) is 11.8 Å². The van der Waals surface area contributed by atoms with E-state index in [4.69, 9.17) is 0 Å². The molecule has 1 N–H and O–H groups in total. The highest BCUT2D eigenvalue weighted by Gasteiger charge is 2.37. The normalized spacial score (nSPS) is 28.8. The first-order chi connectivity index (χ1) is 8.02. The molecular weight excluding hydrogens is 216 g/mol. The maximum atomic E-state index is 11.7. The Morgan fingerprint density at radius 3 is 2.47 bits per heavy atom. The molecule has 4 nitrogen and oxygen atoms in total. The SMILES string of the molecule is CN1C(=O)CC(NCC2(C)CCCCC2)C1=O. The number of rotatable bonds is 3. The van der Waals surface area contributed by atoms with E-state index in [1.54, 1.807) is 7.05 Å². The molecule has 0 spiro atoms. The molecule has 1 unspecified atom stereocenters. The molecule has 1 saturated heterocycles. The molecule has 17 heavy (non-hydrogen) atoms. The molecule has 0 bridgehead atoms. The van der Waals surface area contributed by atoms with Gasteiger partial charge in [0.05, 0.1) is 12.5 Å². The minimum absolute atomic E-state index is 0.0682. The maximum Gasteiger partial charge on any atom is 0.246 e. The van der Waals surface area contributed by atoms with Gasteiger partial charge in [-0.1, -0.05) is 26.2 Å². The Bertz CT molecular complexity index is 321. The zero-order chi connectivity index (χ0) is 12.5. The number of imide groups is 1. The fraction of sp³-hybridized carbons (Fsp3) is 0.846. The molecule has 0 aromatic heterocycles. The van der Waals surface area contributed by atoms with Gasteiger partial charge in [-0.15, -0.1) is 0 Å². The third-order valence-corrected chi connectivity index (χ3v) is 4.22. The highest BCUT2D eigenvalue weighted by Crippen LogP contribution is 2.35. The van der Waals surface area contributed by atoms with Crippen molar-refractivity contribution in [3.8, 4) is 0 Å². The lowest BCUT2D eigenvalue weighted by Crippen LogP contribution is -2.43. The highest BCUT2D eigenvalue weighted by molar-refractivity contribution is 6.05. The fourth-order valence-electron chi connectivity index (χ4n) is 2.87. The van der Waals surface area contributed by atoms with E-state index in [1.165, 1.54) is 37.0 Å². The van der Waals surface area contributed by atoms with Crippen molar-refractivity contribution in [1.29, 1.82) is 0 Å². The van der Waals surface area contributed by atoms with Gasteiger partial charge in [0.2, 0.25) is 11.8 Å². The fourth-order valence-corrected chi connectivity index (χ4v) is 2.87. The van der Waals surface area contributed by atoms with Gasteiger partial charge in [0.25, 0.3) is 0 Å². The van der Waals surface area contributed by atoms with Crippen molar-refractivity contribution in [3.05, 3.63) is 0 Å². The Kier molecular flexibility index (Phi) is 3.52. The number of likely N-dealkylation sites (N-methyl/N-ethyl adjacent to an activating group) is 1. The molecule has 0 radical (unpaired) electrons. The molecule has 0 aromatic rings. The first-order valence-electron chi connectivity index (χ1n) is 6.56. The average Bonchev–Trinajstić information content (AvgIpc) is 2.55. The van der Waals surface area contributed by atoms with Crippen LogP contribution in [0.2, 0.25) is 0 Å². The third-order valence-electron chi connectivity index (χ3n) is 4.22. The average molecular weight is 238 g/mol. The summed E-state index contributed by atoms with van der Waals surface area (Å²) in [6.07, 6.45) is 6.69. The topological polar surface area (TPSA) is 49.4 Å². The van der Waals surface area contributed by atoms with E-state index < -0.39 is 0 Å². The number of carbonyl (C=O) groups is 2. The van der Waals surface area contributed by atoms with E-state index in [-0.39, 0.29) is 17.9 Å². The van der Waals surface area contributed by atoms with Gasteiger partial charge in [-0.05, 0) is 18.3 Å². The summed E-state index contributed by atoms with van der Waals surface area (Å²) >= 11 is 0. The van der Waals surface area contributed by atoms with Gasteiger partial charge in [-0.2, -0.15) is 0 Å². The number of hydrogen-bond acceptors (Lipinski definition) is 3. The molecule has 2 fully saturated rings. The second-order valence-electron chi connectivity index (χ2n) is 5.80. The summed E-state index contributed by atoms with van der Waals surface area (Å²) in [6, 6.07) is -0.286. The second kappa shape index (κ2) is 4.77. The summed E-state index contributed by atoms with van der Waals surface area (Å²) in [6.45, 7) is 3.13. The van der Waals surface area contributed by atoms with Crippen LogP contribution in [0.5, 0.6) is 0 Å². The van der Waals surface area contributed by atoms with Crippen LogP contribution in [-0.2, 0) is 9.59 Å². The molecule has 1 saturated carbocycles. The van der Waals surface area contributed by atoms with Crippen molar-refractivity contribution in [2.45, 2.75) is 51.5 Å². The van der Waals surface area contributed by atoms with Gasteiger partial charge in [-0.3, -0.25) is 14.5 Å². The summed E-state index contributed by atoms with van der Waals surface area (Å²) < 4.78 is 0. The molecular formula is C13H22N2O2. The first kappa shape index (κ1) is 12.6. The maximum absolute atomic E-state index is 11.7. The summed E-state index contributed by atoms with van der Waals surface area (Å²) in [7, 11) is 1.56. The van der Waals surface area contributed by atoms with Gasteiger partial charge in [-0.25, -0.2) is 0 Å². The van der Waals surface area contributed by atoms with Crippen LogP contribution in [0.1, 0.15) is 45.4 Å². The van der Waals surface area contributed by atoms with Crippen LogP contribution in [-0.4, -0.2) is 36.3 Å². The number of hydrogen-bond donors (Lipinski definition) is 1. The van der Waals surface area contributed by atoms with Crippen LogP contribution in [0.15, 0.2) is 0 Å². The van der Waals surface area contributed by atoms with Gasteiger partial charge in [0.1, 0.15) is 0 Å².